The number of aromatic amines is 1. The standard InChI is InChI=1S/C36H21N3.C22H13N.C14H9ClN2/c1-2-10-23(11-3-1)34-28-15-4-6-18-30(28)37-36(38-34)39-31-19-7-5-14-24(31)27-21-20-26-25-16-8-12-22-13-9-17-29(32(22)25)33(26)35(27)39;1-2-10-19-14(7-1)17-12-11-16-15-8-3-5-13-6-4-9-18(20(13)15)21(16)22(17)23-19;15-14-16-12-9-5-4-8-11(12)13(17-14)10-6-2-1-3-7-10/h1-21H;1-12,23H;1-9H. The van der Waals surface area contributed by atoms with Crippen molar-refractivity contribution in [3.8, 4) is 73.0 Å². The second-order valence-electron chi connectivity index (χ2n) is 20.2. The maximum Gasteiger partial charge on any atom is 0.235 e. The molecule has 7 heteroatoms. The molecule has 0 aliphatic heterocycles. The fourth-order valence-corrected chi connectivity index (χ4v) is 12.8. The minimum absolute atomic E-state index is 0.280. The zero-order valence-corrected chi connectivity index (χ0v) is 43.1. The Bertz CT molecular complexity index is 5150. The van der Waals surface area contributed by atoms with Crippen molar-refractivity contribution >= 4 is 98.6 Å². The smallest absolute Gasteiger partial charge is 0.235 e. The number of halogens is 1. The normalized spacial score (nSPS) is 11.9. The van der Waals surface area contributed by atoms with Gasteiger partial charge in [-0.2, -0.15) is 0 Å². The predicted octanol–water partition coefficient (Wildman–Crippen LogP) is 19.3. The Kier molecular flexibility index (Phi) is 10.2. The molecule has 0 atom stereocenters. The van der Waals surface area contributed by atoms with Crippen LogP contribution in [0.2, 0.25) is 5.28 Å². The second kappa shape index (κ2) is 17.9. The molecular formula is C72H43ClN6. The Labute approximate surface area is 458 Å². The number of nitrogens with zero attached hydrogens (tertiary/aromatic N) is 5. The summed E-state index contributed by atoms with van der Waals surface area (Å²) in [4.78, 5) is 22.7. The van der Waals surface area contributed by atoms with Crippen molar-refractivity contribution < 1.29 is 0 Å². The van der Waals surface area contributed by atoms with Crippen LogP contribution in [0.1, 0.15) is 0 Å². The Morgan fingerprint density at radius 1 is 0.329 bits per heavy atom. The lowest BCUT2D eigenvalue weighted by Crippen LogP contribution is -2.04. The summed E-state index contributed by atoms with van der Waals surface area (Å²) in [6, 6.07) is 89.4. The number of para-hydroxylation sites is 4. The van der Waals surface area contributed by atoms with E-state index in [0.717, 1.165) is 55.4 Å². The van der Waals surface area contributed by atoms with Crippen LogP contribution >= 0.6 is 11.6 Å². The van der Waals surface area contributed by atoms with Gasteiger partial charge in [0.05, 0.1) is 39.0 Å². The zero-order valence-electron chi connectivity index (χ0n) is 42.4. The van der Waals surface area contributed by atoms with Crippen LogP contribution in [0.25, 0.3) is 160 Å². The molecule has 4 aromatic heterocycles. The largest absolute Gasteiger partial charge is 0.354 e. The van der Waals surface area contributed by atoms with E-state index in [1.807, 2.05) is 60.7 Å². The first-order valence-corrected chi connectivity index (χ1v) is 27.0. The topological polar surface area (TPSA) is 72.3 Å². The van der Waals surface area contributed by atoms with E-state index in [-0.39, 0.29) is 5.28 Å². The lowest BCUT2D eigenvalue weighted by Gasteiger charge is -2.13. The molecule has 0 amide bonds. The lowest BCUT2D eigenvalue weighted by atomic mass is 10.0. The molecule has 79 heavy (non-hydrogen) atoms. The van der Waals surface area contributed by atoms with E-state index in [1.165, 1.54) is 98.6 Å². The summed E-state index contributed by atoms with van der Waals surface area (Å²) in [5, 5.41) is 12.7. The summed E-state index contributed by atoms with van der Waals surface area (Å²) in [7, 11) is 0. The number of fused-ring (bicyclic) bond motifs is 16. The minimum atomic E-state index is 0.280. The van der Waals surface area contributed by atoms with Gasteiger partial charge in [-0.05, 0) is 90.8 Å². The summed E-state index contributed by atoms with van der Waals surface area (Å²) in [6.07, 6.45) is 0. The van der Waals surface area contributed by atoms with Crippen LogP contribution in [0.3, 0.4) is 0 Å². The lowest BCUT2D eigenvalue weighted by molar-refractivity contribution is 1.01. The van der Waals surface area contributed by atoms with Crippen molar-refractivity contribution in [3.63, 3.8) is 0 Å². The van der Waals surface area contributed by atoms with Crippen LogP contribution < -0.4 is 0 Å². The van der Waals surface area contributed by atoms with Crippen LogP contribution in [-0.4, -0.2) is 29.5 Å². The van der Waals surface area contributed by atoms with Crippen molar-refractivity contribution in [2.24, 2.45) is 0 Å². The molecule has 0 spiro atoms. The molecule has 0 radical (unpaired) electrons. The van der Waals surface area contributed by atoms with Crippen molar-refractivity contribution in [3.05, 3.63) is 260 Å². The number of rotatable bonds is 3. The van der Waals surface area contributed by atoms with Gasteiger partial charge in [-0.25, -0.2) is 19.9 Å². The first-order valence-electron chi connectivity index (χ1n) is 26.6. The number of aromatic nitrogens is 6. The van der Waals surface area contributed by atoms with Gasteiger partial charge in [0.1, 0.15) is 0 Å². The highest BCUT2D eigenvalue weighted by molar-refractivity contribution is 6.29. The van der Waals surface area contributed by atoms with Crippen LogP contribution in [0, 0.1) is 0 Å². The Morgan fingerprint density at radius 3 is 1.47 bits per heavy atom. The van der Waals surface area contributed by atoms with Gasteiger partial charge in [0.25, 0.3) is 0 Å². The van der Waals surface area contributed by atoms with Crippen molar-refractivity contribution in [2.75, 3.05) is 0 Å². The van der Waals surface area contributed by atoms with E-state index in [1.54, 1.807) is 0 Å². The molecule has 12 aromatic carbocycles. The summed E-state index contributed by atoms with van der Waals surface area (Å²) < 4.78 is 2.28. The fraction of sp³-hybridized carbons (Fsp3) is 0. The molecule has 18 rings (SSSR count). The first kappa shape index (κ1) is 45.0. The average molecular weight is 1030 g/mol. The van der Waals surface area contributed by atoms with Gasteiger partial charge in [0, 0.05) is 60.1 Å². The van der Waals surface area contributed by atoms with Gasteiger partial charge in [0.15, 0.2) is 0 Å². The van der Waals surface area contributed by atoms with Gasteiger partial charge in [0.2, 0.25) is 11.2 Å². The Morgan fingerprint density at radius 2 is 0.823 bits per heavy atom. The van der Waals surface area contributed by atoms with E-state index in [2.05, 4.69) is 214 Å². The summed E-state index contributed by atoms with van der Waals surface area (Å²) in [5.41, 5.74) is 21.0. The zero-order chi connectivity index (χ0) is 52.1. The SMILES string of the molecule is Clc1nc(-c2ccccc2)c2ccccc2n1.c1cc2c3c(cccc3c1)-c1c-2ccc2c1[nH]c1ccccc12.c1ccc(-c2nc(-n3c4ccccc4c4ccc5c(c43)-c3cccc4cccc-5c34)nc3ccccc23)cc1. The molecule has 2 aliphatic rings. The van der Waals surface area contributed by atoms with E-state index in [4.69, 9.17) is 21.6 Å². The fourth-order valence-electron chi connectivity index (χ4n) is 12.6. The van der Waals surface area contributed by atoms with E-state index in [0.29, 0.717) is 5.95 Å². The highest BCUT2D eigenvalue weighted by Crippen LogP contribution is 2.53. The molecule has 368 valence electrons. The van der Waals surface area contributed by atoms with Gasteiger partial charge in [-0.1, -0.05) is 231 Å². The third-order valence-electron chi connectivity index (χ3n) is 15.9. The molecule has 0 fully saturated rings. The highest BCUT2D eigenvalue weighted by Gasteiger charge is 2.28. The van der Waals surface area contributed by atoms with Gasteiger partial charge in [-0.3, -0.25) is 4.57 Å². The van der Waals surface area contributed by atoms with Crippen molar-refractivity contribution in [2.45, 2.75) is 0 Å². The maximum absolute atomic E-state index is 5.95. The summed E-state index contributed by atoms with van der Waals surface area (Å²) in [6.45, 7) is 0. The molecule has 0 bridgehead atoms. The first-order chi connectivity index (χ1) is 39.1. The molecule has 0 saturated carbocycles. The monoisotopic (exact) mass is 1030 g/mol. The van der Waals surface area contributed by atoms with E-state index >= 15 is 0 Å². The molecule has 2 aliphatic carbocycles. The number of H-pyrrole nitrogens is 1. The van der Waals surface area contributed by atoms with Crippen molar-refractivity contribution in [1.29, 1.82) is 0 Å². The molecular weight excluding hydrogens is 984 g/mol. The predicted molar refractivity (Wildman–Crippen MR) is 329 cm³/mol. The number of hydrogen-bond donors (Lipinski definition) is 1. The van der Waals surface area contributed by atoms with E-state index < -0.39 is 0 Å². The molecule has 1 N–H and O–H groups in total. The van der Waals surface area contributed by atoms with Gasteiger partial charge >= 0.3 is 0 Å². The summed E-state index contributed by atoms with van der Waals surface area (Å²) >= 11 is 5.95. The average Bonchev–Trinajstić information content (AvgIpc) is 3.58. The van der Waals surface area contributed by atoms with Crippen LogP contribution in [0.15, 0.2) is 255 Å². The summed E-state index contributed by atoms with van der Waals surface area (Å²) in [5.74, 6) is 0.690. The van der Waals surface area contributed by atoms with Crippen LogP contribution in [0.4, 0.5) is 0 Å². The Hall–Kier alpha value is -10.3. The van der Waals surface area contributed by atoms with Gasteiger partial charge < -0.3 is 4.98 Å². The highest BCUT2D eigenvalue weighted by atomic mass is 35.5. The quantitative estimate of drug-likeness (QED) is 0.179. The third-order valence-corrected chi connectivity index (χ3v) is 16.1. The molecule has 16 aromatic rings. The third kappa shape index (κ3) is 7.05. The van der Waals surface area contributed by atoms with Gasteiger partial charge in [-0.15, -0.1) is 0 Å². The molecule has 6 nitrogen and oxygen atoms in total. The molecule has 0 saturated heterocycles. The number of hydrogen-bond acceptors (Lipinski definition) is 4. The van der Waals surface area contributed by atoms with Crippen LogP contribution in [0.5, 0.6) is 0 Å². The number of nitrogens with one attached hydrogen (secondary N) is 1. The number of benzene rings is 12. The Balaban J connectivity index is 0.000000110. The maximum atomic E-state index is 5.95. The second-order valence-corrected chi connectivity index (χ2v) is 20.6. The van der Waals surface area contributed by atoms with Crippen LogP contribution in [-0.2, 0) is 0 Å². The minimum Gasteiger partial charge on any atom is -0.354 e. The molecule has 0 unspecified atom stereocenters. The van der Waals surface area contributed by atoms with Crippen molar-refractivity contribution in [1.82, 2.24) is 29.5 Å². The molecule has 4 heterocycles. The van der Waals surface area contributed by atoms with E-state index in [9.17, 15) is 0 Å².